The van der Waals surface area contributed by atoms with Crippen LogP contribution in [-0.2, 0) is 4.79 Å². The zero-order chi connectivity index (χ0) is 17.8. The number of benzene rings is 1. The van der Waals surface area contributed by atoms with Gasteiger partial charge in [0.1, 0.15) is 18.1 Å². The maximum absolute atomic E-state index is 13.9. The number of carbonyl (C=O) groups is 2. The van der Waals surface area contributed by atoms with Crippen LogP contribution in [0.5, 0.6) is 0 Å². The van der Waals surface area contributed by atoms with Crippen molar-refractivity contribution in [3.05, 3.63) is 42.0 Å². The lowest BCUT2D eigenvalue weighted by Gasteiger charge is -2.35. The van der Waals surface area contributed by atoms with Gasteiger partial charge < -0.3 is 14.8 Å². The Hall–Kier alpha value is -2.70. The van der Waals surface area contributed by atoms with Crippen molar-refractivity contribution in [3.63, 3.8) is 0 Å². The normalized spacial score (nSPS) is 20.4. The average Bonchev–Trinajstić information content (AvgIpc) is 3.42. The van der Waals surface area contributed by atoms with E-state index in [1.165, 1.54) is 25.0 Å². The fraction of sp³-hybridized carbons (Fsp3) is 0.389. The predicted molar refractivity (Wildman–Crippen MR) is 92.1 cm³/mol. The van der Waals surface area contributed by atoms with Crippen LogP contribution in [0.15, 0.2) is 35.6 Å². The minimum atomic E-state index is -1.32. The molecule has 0 bridgehead atoms. The van der Waals surface area contributed by atoms with Crippen LogP contribution in [0.2, 0.25) is 0 Å². The molecule has 1 saturated carbocycles. The highest BCUT2D eigenvalue weighted by atomic mass is 19.1. The Kier molecular flexibility index (Phi) is 5.11. The van der Waals surface area contributed by atoms with Gasteiger partial charge in [0.2, 0.25) is 0 Å². The molecule has 2 unspecified atom stereocenters. The van der Waals surface area contributed by atoms with Crippen molar-refractivity contribution in [2.24, 2.45) is 10.9 Å². The molecule has 132 valence electrons. The zero-order valence-corrected chi connectivity index (χ0v) is 13.6. The Morgan fingerprint density at radius 1 is 1.48 bits per heavy atom. The summed E-state index contributed by atoms with van der Waals surface area (Å²) < 4.78 is 13.9. The Bertz CT molecular complexity index is 716. The highest BCUT2D eigenvalue weighted by Crippen LogP contribution is 2.39. The maximum Gasteiger partial charge on any atom is 0.409 e. The quantitative estimate of drug-likeness (QED) is 0.740. The van der Waals surface area contributed by atoms with E-state index in [1.54, 1.807) is 24.7 Å². The number of nitrogens with one attached hydrogen (secondary N) is 1. The van der Waals surface area contributed by atoms with Crippen LogP contribution in [0.1, 0.15) is 37.3 Å². The third-order valence-corrected chi connectivity index (χ3v) is 4.57. The van der Waals surface area contributed by atoms with Crippen molar-refractivity contribution in [2.45, 2.75) is 37.8 Å². The van der Waals surface area contributed by atoms with Crippen LogP contribution in [0, 0.1) is 11.7 Å². The summed E-state index contributed by atoms with van der Waals surface area (Å²) in [5.41, 5.74) is 0.677. The molecule has 2 atom stereocenters. The van der Waals surface area contributed by atoms with Gasteiger partial charge in [0.25, 0.3) is 0 Å². The molecule has 25 heavy (non-hydrogen) atoms. The number of aldehydes is 1. The number of amides is 1. The summed E-state index contributed by atoms with van der Waals surface area (Å²) in [6.45, 7) is 0. The highest BCUT2D eigenvalue weighted by Gasteiger charge is 2.29. The van der Waals surface area contributed by atoms with Crippen LogP contribution in [0.25, 0.3) is 0 Å². The van der Waals surface area contributed by atoms with E-state index in [0.29, 0.717) is 5.92 Å². The molecule has 7 heteroatoms. The summed E-state index contributed by atoms with van der Waals surface area (Å²) in [6.07, 6.45) is 8.68. The van der Waals surface area contributed by atoms with Crippen molar-refractivity contribution in [1.82, 2.24) is 4.90 Å². The lowest BCUT2D eigenvalue weighted by molar-refractivity contribution is -0.110. The Morgan fingerprint density at radius 2 is 2.28 bits per heavy atom. The molecule has 1 aliphatic heterocycles. The van der Waals surface area contributed by atoms with Gasteiger partial charge in [-0.3, -0.25) is 10.3 Å². The van der Waals surface area contributed by atoms with Gasteiger partial charge in [-0.25, -0.2) is 9.18 Å². The van der Waals surface area contributed by atoms with Crippen molar-refractivity contribution in [3.8, 4) is 0 Å². The fourth-order valence-electron chi connectivity index (χ4n) is 3.10. The van der Waals surface area contributed by atoms with E-state index in [9.17, 15) is 14.0 Å². The summed E-state index contributed by atoms with van der Waals surface area (Å²) in [4.78, 5) is 28.2. The molecule has 0 radical (unpaired) electrons. The first kappa shape index (κ1) is 17.1. The van der Waals surface area contributed by atoms with Gasteiger partial charge >= 0.3 is 6.09 Å². The zero-order valence-electron chi connectivity index (χ0n) is 13.6. The van der Waals surface area contributed by atoms with E-state index < -0.39 is 18.0 Å². The highest BCUT2D eigenvalue weighted by molar-refractivity contribution is 5.86. The van der Waals surface area contributed by atoms with Crippen molar-refractivity contribution in [2.75, 3.05) is 5.32 Å². The Balaban J connectivity index is 1.90. The van der Waals surface area contributed by atoms with Gasteiger partial charge in [-0.05, 0) is 36.5 Å². The third kappa shape index (κ3) is 4.23. The molecule has 3 rings (SSSR count). The van der Waals surface area contributed by atoms with Gasteiger partial charge in [-0.15, -0.1) is 0 Å². The second-order valence-corrected chi connectivity index (χ2v) is 6.38. The molecule has 1 aromatic rings. The molecule has 1 aliphatic carbocycles. The van der Waals surface area contributed by atoms with Crippen LogP contribution < -0.4 is 5.32 Å². The summed E-state index contributed by atoms with van der Waals surface area (Å²) in [5, 5.41) is 11.0. The Labute approximate surface area is 145 Å². The van der Waals surface area contributed by atoms with Crippen LogP contribution in [0.4, 0.5) is 14.9 Å². The minimum absolute atomic E-state index is 0.0845. The molecule has 1 fully saturated rings. The van der Waals surface area contributed by atoms with Crippen molar-refractivity contribution >= 4 is 24.3 Å². The number of anilines is 1. The molecule has 6 nitrogen and oxygen atoms in total. The second kappa shape index (κ2) is 7.46. The largest absolute Gasteiger partial charge is 0.465 e. The smallest absolute Gasteiger partial charge is 0.409 e. The summed E-state index contributed by atoms with van der Waals surface area (Å²) in [5.74, 6) is 0.0754. The van der Waals surface area contributed by atoms with E-state index >= 15 is 0 Å². The topological polar surface area (TPSA) is 82.0 Å². The number of carbonyl (C=O) groups excluding carboxylic acids is 1. The number of hydrogen-bond donors (Lipinski definition) is 2. The van der Waals surface area contributed by atoms with E-state index in [2.05, 4.69) is 10.3 Å². The van der Waals surface area contributed by atoms with E-state index in [1.807, 2.05) is 4.90 Å². The van der Waals surface area contributed by atoms with Crippen molar-refractivity contribution < 1.29 is 19.1 Å². The van der Waals surface area contributed by atoms with Crippen LogP contribution >= 0.6 is 0 Å². The molecule has 1 aromatic carbocycles. The standard InChI is InChI=1S/C18H20FN3O3/c19-15-5-4-13(9-16(15)21-18(24)25)17(6-3-12-1-2-12)22-8-7-20-10-14(22)11-23/h4-5,7-12,14,17,21H,1-3,6H2,(H,24,25). The van der Waals surface area contributed by atoms with Gasteiger partial charge in [0.15, 0.2) is 0 Å². The van der Waals surface area contributed by atoms with Gasteiger partial charge in [-0.2, -0.15) is 0 Å². The fourth-order valence-corrected chi connectivity index (χ4v) is 3.10. The monoisotopic (exact) mass is 345 g/mol. The molecule has 0 spiro atoms. The first-order chi connectivity index (χ1) is 12.1. The number of nitrogens with zero attached hydrogens (tertiary/aromatic N) is 2. The average molecular weight is 345 g/mol. The molecule has 2 N–H and O–H groups in total. The maximum atomic E-state index is 13.9. The first-order valence-electron chi connectivity index (χ1n) is 8.30. The first-order valence-corrected chi connectivity index (χ1v) is 8.30. The summed E-state index contributed by atoms with van der Waals surface area (Å²) in [6, 6.07) is 3.75. The number of hydrogen-bond acceptors (Lipinski definition) is 4. The number of rotatable bonds is 7. The van der Waals surface area contributed by atoms with E-state index in [-0.39, 0.29) is 11.7 Å². The predicted octanol–water partition coefficient (Wildman–Crippen LogP) is 3.57. The van der Waals surface area contributed by atoms with Gasteiger partial charge in [0.05, 0.1) is 11.7 Å². The minimum Gasteiger partial charge on any atom is -0.465 e. The number of halogens is 1. The molecule has 1 heterocycles. The number of aliphatic imine (C=N–C) groups is 1. The molecule has 2 aliphatic rings. The molecule has 0 aromatic heterocycles. The summed E-state index contributed by atoms with van der Waals surface area (Å²) in [7, 11) is 0. The Morgan fingerprint density at radius 3 is 2.96 bits per heavy atom. The van der Waals surface area contributed by atoms with E-state index in [0.717, 1.165) is 24.7 Å². The molecular weight excluding hydrogens is 325 g/mol. The van der Waals surface area contributed by atoms with Crippen LogP contribution in [0.3, 0.4) is 0 Å². The third-order valence-electron chi connectivity index (χ3n) is 4.57. The number of carboxylic acid groups (broad SMARTS) is 1. The molecule has 0 saturated heterocycles. The molecule has 1 amide bonds. The molecular formula is C18H20FN3O3. The van der Waals surface area contributed by atoms with Gasteiger partial charge in [0, 0.05) is 18.6 Å². The SMILES string of the molecule is O=CC1C=NC=CN1C(CCC1CC1)c1ccc(F)c(NC(=O)O)c1. The lowest BCUT2D eigenvalue weighted by atomic mass is 9.97. The van der Waals surface area contributed by atoms with Gasteiger partial charge in [-0.1, -0.05) is 18.9 Å². The lowest BCUT2D eigenvalue weighted by Crippen LogP contribution is -2.38. The van der Waals surface area contributed by atoms with Crippen molar-refractivity contribution in [1.29, 1.82) is 0 Å². The van der Waals surface area contributed by atoms with E-state index in [4.69, 9.17) is 5.11 Å². The second-order valence-electron chi connectivity index (χ2n) is 6.38. The van der Waals surface area contributed by atoms with Crippen LogP contribution in [-0.4, -0.2) is 34.6 Å². The summed E-state index contributed by atoms with van der Waals surface area (Å²) >= 11 is 0.